The van der Waals surface area contributed by atoms with Crippen LogP contribution in [0.5, 0.6) is 0 Å². The van der Waals surface area contributed by atoms with E-state index in [9.17, 15) is 4.79 Å². The van der Waals surface area contributed by atoms with Crippen molar-refractivity contribution in [3.05, 3.63) is 46.0 Å². The van der Waals surface area contributed by atoms with Gasteiger partial charge < -0.3 is 5.32 Å². The minimum atomic E-state index is -0.255. The van der Waals surface area contributed by atoms with Crippen LogP contribution in [-0.2, 0) is 4.79 Å². The molecule has 0 unspecified atom stereocenters. The number of rotatable bonds is 3. The lowest BCUT2D eigenvalue weighted by Gasteiger charge is -1.99. The summed E-state index contributed by atoms with van der Waals surface area (Å²) in [5, 5.41) is 4.81. The smallest absolute Gasteiger partial charge is 0.249 e. The summed E-state index contributed by atoms with van der Waals surface area (Å²) in [4.78, 5) is 20.2. The van der Waals surface area contributed by atoms with E-state index in [0.717, 1.165) is 4.88 Å². The molecule has 0 fully saturated rings. The largest absolute Gasteiger partial charge is 0.306 e. The average Bonchev–Trinajstić information content (AvgIpc) is 2.83. The third-order valence-corrected chi connectivity index (χ3v) is 2.85. The van der Waals surface area contributed by atoms with Gasteiger partial charge in [-0.3, -0.25) is 4.79 Å². The fourth-order valence-electron chi connectivity index (χ4n) is 1.09. The van der Waals surface area contributed by atoms with Crippen LogP contribution < -0.4 is 5.32 Å². The molecule has 0 aromatic carbocycles. The maximum absolute atomic E-state index is 11.5. The molecule has 0 bridgehead atoms. The van der Waals surface area contributed by atoms with Crippen LogP contribution >= 0.6 is 22.9 Å². The number of carbonyl (C=O) groups excluding carboxylic acids is 1. The Balaban J connectivity index is 1.95. The van der Waals surface area contributed by atoms with Gasteiger partial charge in [0.05, 0.1) is 12.4 Å². The van der Waals surface area contributed by atoms with Crippen LogP contribution in [0.4, 0.5) is 5.82 Å². The lowest BCUT2D eigenvalue weighted by molar-refractivity contribution is -0.111. The predicted octanol–water partition coefficient (Wildman–Crippen LogP) is 2.84. The number of amides is 1. The summed E-state index contributed by atoms with van der Waals surface area (Å²) in [5.74, 6) is 0.116. The van der Waals surface area contributed by atoms with Gasteiger partial charge in [-0.15, -0.1) is 11.3 Å². The second-order valence-corrected chi connectivity index (χ2v) is 4.43. The first-order valence-electron chi connectivity index (χ1n) is 4.74. The second kappa shape index (κ2) is 5.56. The first-order chi connectivity index (χ1) is 8.24. The molecule has 2 aromatic heterocycles. The normalized spacial score (nSPS) is 10.6. The van der Waals surface area contributed by atoms with Crippen molar-refractivity contribution in [3.8, 4) is 0 Å². The monoisotopic (exact) mass is 265 g/mol. The number of anilines is 1. The summed E-state index contributed by atoms with van der Waals surface area (Å²) in [6, 6.07) is 3.85. The average molecular weight is 266 g/mol. The van der Waals surface area contributed by atoms with E-state index in [2.05, 4.69) is 15.3 Å². The molecule has 1 amide bonds. The Morgan fingerprint density at radius 3 is 2.94 bits per heavy atom. The van der Waals surface area contributed by atoms with E-state index in [-0.39, 0.29) is 11.1 Å². The Morgan fingerprint density at radius 1 is 1.41 bits per heavy atom. The molecule has 0 aliphatic carbocycles. The molecular formula is C11H8ClN3OS. The lowest BCUT2D eigenvalue weighted by Crippen LogP contribution is -2.09. The highest BCUT2D eigenvalue weighted by atomic mass is 35.5. The number of halogens is 1. The van der Waals surface area contributed by atoms with Crippen molar-refractivity contribution in [2.75, 3.05) is 5.32 Å². The van der Waals surface area contributed by atoms with Gasteiger partial charge in [0.25, 0.3) is 0 Å². The molecule has 0 radical (unpaired) electrons. The zero-order chi connectivity index (χ0) is 12.1. The van der Waals surface area contributed by atoms with E-state index >= 15 is 0 Å². The molecule has 6 heteroatoms. The minimum absolute atomic E-state index is 0.255. The van der Waals surface area contributed by atoms with Crippen LogP contribution in [-0.4, -0.2) is 15.9 Å². The molecule has 17 heavy (non-hydrogen) atoms. The third kappa shape index (κ3) is 3.65. The highest BCUT2D eigenvalue weighted by Gasteiger charge is 1.99. The van der Waals surface area contributed by atoms with Crippen molar-refractivity contribution < 1.29 is 4.79 Å². The Morgan fingerprint density at radius 2 is 2.29 bits per heavy atom. The molecule has 2 heterocycles. The van der Waals surface area contributed by atoms with Crippen LogP contribution in [0.25, 0.3) is 6.08 Å². The van der Waals surface area contributed by atoms with Gasteiger partial charge >= 0.3 is 0 Å². The summed E-state index contributed by atoms with van der Waals surface area (Å²) >= 11 is 7.14. The van der Waals surface area contributed by atoms with Gasteiger partial charge in [0.1, 0.15) is 5.15 Å². The summed E-state index contributed by atoms with van der Waals surface area (Å²) < 4.78 is 0. The number of thiophene rings is 1. The van der Waals surface area contributed by atoms with E-state index in [4.69, 9.17) is 11.6 Å². The summed E-state index contributed by atoms with van der Waals surface area (Å²) in [5.41, 5.74) is 0. The Hall–Kier alpha value is -1.72. The number of hydrogen-bond donors (Lipinski definition) is 1. The standard InChI is InChI=1S/C11H8ClN3OS/c12-9-6-14-10(7-13-9)15-11(16)4-3-8-2-1-5-17-8/h1-7H,(H,14,15,16)/b4-3+. The third-order valence-electron chi connectivity index (χ3n) is 1.81. The first-order valence-corrected chi connectivity index (χ1v) is 6.00. The van der Waals surface area contributed by atoms with Crippen molar-refractivity contribution >= 4 is 40.7 Å². The predicted molar refractivity (Wildman–Crippen MR) is 69.0 cm³/mol. The van der Waals surface area contributed by atoms with Crippen LogP contribution in [0.3, 0.4) is 0 Å². The van der Waals surface area contributed by atoms with E-state index in [0.29, 0.717) is 5.82 Å². The van der Waals surface area contributed by atoms with Crippen LogP contribution in [0.1, 0.15) is 4.88 Å². The van der Waals surface area contributed by atoms with Gasteiger partial charge in [0, 0.05) is 11.0 Å². The number of hydrogen-bond acceptors (Lipinski definition) is 4. The van der Waals surface area contributed by atoms with Gasteiger partial charge in [-0.2, -0.15) is 0 Å². The van der Waals surface area contributed by atoms with Gasteiger partial charge in [0.15, 0.2) is 5.82 Å². The fraction of sp³-hybridized carbons (Fsp3) is 0. The van der Waals surface area contributed by atoms with Crippen molar-refractivity contribution in [1.82, 2.24) is 9.97 Å². The zero-order valence-corrected chi connectivity index (χ0v) is 10.2. The summed E-state index contributed by atoms with van der Waals surface area (Å²) in [6.07, 6.45) is 5.96. The SMILES string of the molecule is O=C(/C=C/c1cccs1)Nc1cnc(Cl)cn1. The molecule has 0 saturated carbocycles. The number of nitrogens with one attached hydrogen (secondary N) is 1. The molecule has 0 aliphatic rings. The van der Waals surface area contributed by atoms with Crippen LogP contribution in [0.15, 0.2) is 36.0 Å². The van der Waals surface area contributed by atoms with E-state index in [1.807, 2.05) is 17.5 Å². The molecule has 0 aliphatic heterocycles. The van der Waals surface area contributed by atoms with E-state index < -0.39 is 0 Å². The van der Waals surface area contributed by atoms with E-state index in [1.54, 1.807) is 17.4 Å². The minimum Gasteiger partial charge on any atom is -0.306 e. The Bertz CT molecular complexity index is 522. The highest BCUT2D eigenvalue weighted by Crippen LogP contribution is 2.10. The first kappa shape index (κ1) is 11.8. The molecule has 2 rings (SSSR count). The molecule has 2 aromatic rings. The van der Waals surface area contributed by atoms with Crippen molar-refractivity contribution in [3.63, 3.8) is 0 Å². The van der Waals surface area contributed by atoms with Crippen molar-refractivity contribution in [1.29, 1.82) is 0 Å². The van der Waals surface area contributed by atoms with Crippen molar-refractivity contribution in [2.45, 2.75) is 0 Å². The molecule has 86 valence electrons. The van der Waals surface area contributed by atoms with Crippen molar-refractivity contribution in [2.24, 2.45) is 0 Å². The molecule has 1 N–H and O–H groups in total. The quantitative estimate of drug-likeness (QED) is 0.869. The number of carbonyl (C=O) groups is 1. The van der Waals surface area contributed by atoms with Gasteiger partial charge in [-0.25, -0.2) is 9.97 Å². The molecule has 0 saturated heterocycles. The summed E-state index contributed by atoms with van der Waals surface area (Å²) in [6.45, 7) is 0. The van der Waals surface area contributed by atoms with E-state index in [1.165, 1.54) is 18.5 Å². The number of nitrogens with zero attached hydrogens (tertiary/aromatic N) is 2. The lowest BCUT2D eigenvalue weighted by atomic mass is 10.4. The second-order valence-electron chi connectivity index (χ2n) is 3.06. The van der Waals surface area contributed by atoms with Gasteiger partial charge in [-0.1, -0.05) is 17.7 Å². The molecule has 0 spiro atoms. The number of aromatic nitrogens is 2. The fourth-order valence-corrected chi connectivity index (χ4v) is 1.80. The summed E-state index contributed by atoms with van der Waals surface area (Å²) in [7, 11) is 0. The van der Waals surface area contributed by atoms with Gasteiger partial charge in [0.2, 0.25) is 5.91 Å². The maximum Gasteiger partial charge on any atom is 0.249 e. The Kier molecular flexibility index (Phi) is 3.85. The molecular weight excluding hydrogens is 258 g/mol. The zero-order valence-electron chi connectivity index (χ0n) is 8.63. The topological polar surface area (TPSA) is 54.9 Å². The van der Waals surface area contributed by atoms with Crippen LogP contribution in [0, 0.1) is 0 Å². The molecule has 0 atom stereocenters. The Labute approximate surface area is 107 Å². The van der Waals surface area contributed by atoms with Gasteiger partial charge in [-0.05, 0) is 17.5 Å². The highest BCUT2D eigenvalue weighted by molar-refractivity contribution is 7.10. The maximum atomic E-state index is 11.5. The molecule has 4 nitrogen and oxygen atoms in total. The van der Waals surface area contributed by atoms with Crippen LogP contribution in [0.2, 0.25) is 5.15 Å².